The molecular formula is C24H29N3O2. The van der Waals surface area contributed by atoms with Crippen molar-refractivity contribution in [2.75, 3.05) is 34.3 Å². The van der Waals surface area contributed by atoms with E-state index in [1.165, 1.54) is 0 Å². The maximum Gasteiger partial charge on any atom is 0.270 e. The second-order valence-electron chi connectivity index (χ2n) is 8.01. The summed E-state index contributed by atoms with van der Waals surface area (Å²) in [4.78, 5) is 17.7. The predicted octanol–water partition coefficient (Wildman–Crippen LogP) is 3.86. The van der Waals surface area contributed by atoms with E-state index in [0.29, 0.717) is 12.6 Å². The smallest absolute Gasteiger partial charge is 0.270 e. The van der Waals surface area contributed by atoms with Gasteiger partial charge >= 0.3 is 0 Å². The van der Waals surface area contributed by atoms with Gasteiger partial charge in [-0.15, -0.1) is 0 Å². The number of carbonyl (C=O) groups excluding carboxylic acids is 1. The van der Waals surface area contributed by atoms with Crippen LogP contribution in [0.1, 0.15) is 28.9 Å². The molecule has 0 radical (unpaired) electrons. The van der Waals surface area contributed by atoms with Crippen molar-refractivity contribution < 1.29 is 9.53 Å². The van der Waals surface area contributed by atoms with Crippen LogP contribution in [0, 0.1) is 0 Å². The van der Waals surface area contributed by atoms with E-state index in [0.717, 1.165) is 53.8 Å². The third-order valence-corrected chi connectivity index (χ3v) is 6.01. The Hall–Kier alpha value is -2.79. The molecule has 1 saturated heterocycles. The summed E-state index contributed by atoms with van der Waals surface area (Å²) in [5, 5.41) is 1.10. The van der Waals surface area contributed by atoms with Gasteiger partial charge < -0.3 is 19.1 Å². The van der Waals surface area contributed by atoms with Crippen molar-refractivity contribution in [3.8, 4) is 5.75 Å². The summed E-state index contributed by atoms with van der Waals surface area (Å²) in [6, 6.07) is 18.9. The molecule has 0 atom stereocenters. The van der Waals surface area contributed by atoms with Crippen LogP contribution in [-0.4, -0.2) is 60.6 Å². The van der Waals surface area contributed by atoms with Gasteiger partial charge in [-0.1, -0.05) is 30.3 Å². The number of nitrogens with zero attached hydrogens (tertiary/aromatic N) is 3. The first-order valence-corrected chi connectivity index (χ1v) is 10.2. The minimum Gasteiger partial charge on any atom is -0.497 e. The van der Waals surface area contributed by atoms with Gasteiger partial charge in [0.2, 0.25) is 0 Å². The minimum absolute atomic E-state index is 0.131. The van der Waals surface area contributed by atoms with E-state index in [2.05, 4.69) is 47.8 Å². The van der Waals surface area contributed by atoms with E-state index in [4.69, 9.17) is 4.74 Å². The Balaban J connectivity index is 1.63. The third-order valence-electron chi connectivity index (χ3n) is 6.01. The number of benzene rings is 2. The highest BCUT2D eigenvalue weighted by Crippen LogP contribution is 2.25. The molecule has 2 aromatic carbocycles. The van der Waals surface area contributed by atoms with Gasteiger partial charge in [0.25, 0.3) is 5.91 Å². The van der Waals surface area contributed by atoms with Crippen molar-refractivity contribution in [3.05, 3.63) is 65.9 Å². The monoisotopic (exact) mass is 391 g/mol. The molecule has 1 amide bonds. The van der Waals surface area contributed by atoms with Crippen LogP contribution in [0.4, 0.5) is 0 Å². The topological polar surface area (TPSA) is 37.7 Å². The second kappa shape index (κ2) is 8.29. The minimum atomic E-state index is 0.131. The number of hydrogen-bond acceptors (Lipinski definition) is 3. The lowest BCUT2D eigenvalue weighted by molar-refractivity contribution is 0.0653. The molecule has 4 rings (SSSR count). The SMILES string of the molecule is COc1ccc(Cn2c(C(=O)N3CCC(N(C)C)CC3)cc3ccccc32)cc1. The highest BCUT2D eigenvalue weighted by atomic mass is 16.5. The molecule has 0 spiro atoms. The molecule has 0 saturated carbocycles. The number of aromatic nitrogens is 1. The Morgan fingerprint density at radius 2 is 1.76 bits per heavy atom. The normalized spacial score (nSPS) is 15.2. The Morgan fingerprint density at radius 1 is 1.07 bits per heavy atom. The zero-order chi connectivity index (χ0) is 20.4. The quantitative estimate of drug-likeness (QED) is 0.663. The summed E-state index contributed by atoms with van der Waals surface area (Å²) in [6.07, 6.45) is 2.05. The average molecular weight is 392 g/mol. The van der Waals surface area contributed by atoms with E-state index in [1.807, 2.05) is 35.2 Å². The zero-order valence-corrected chi connectivity index (χ0v) is 17.5. The lowest BCUT2D eigenvalue weighted by Crippen LogP contribution is -2.44. The molecule has 2 heterocycles. The molecule has 5 nitrogen and oxygen atoms in total. The number of piperidine rings is 1. The van der Waals surface area contributed by atoms with Gasteiger partial charge in [-0.3, -0.25) is 4.79 Å². The maximum atomic E-state index is 13.4. The molecule has 0 aliphatic carbocycles. The molecule has 0 N–H and O–H groups in total. The van der Waals surface area contributed by atoms with Gasteiger partial charge in [0.15, 0.2) is 0 Å². The molecule has 29 heavy (non-hydrogen) atoms. The second-order valence-corrected chi connectivity index (χ2v) is 8.01. The molecule has 152 valence electrons. The Morgan fingerprint density at radius 3 is 2.41 bits per heavy atom. The molecule has 3 aromatic rings. The summed E-state index contributed by atoms with van der Waals surface area (Å²) < 4.78 is 7.42. The van der Waals surface area contributed by atoms with Gasteiger partial charge in [0.1, 0.15) is 11.4 Å². The Kier molecular flexibility index (Phi) is 5.58. The number of likely N-dealkylation sites (tertiary alicyclic amines) is 1. The standard InChI is InChI=1S/C24H29N3O2/c1-25(2)20-12-14-26(15-13-20)24(28)23-16-19-6-4-5-7-22(19)27(23)17-18-8-10-21(29-3)11-9-18/h4-11,16,20H,12-15,17H2,1-3H3. The molecule has 1 aromatic heterocycles. The summed E-state index contributed by atoms with van der Waals surface area (Å²) >= 11 is 0. The predicted molar refractivity (Wildman–Crippen MR) is 117 cm³/mol. The van der Waals surface area contributed by atoms with Crippen LogP contribution in [0.3, 0.4) is 0 Å². The number of methoxy groups -OCH3 is 1. The van der Waals surface area contributed by atoms with Crippen molar-refractivity contribution in [3.63, 3.8) is 0 Å². The number of amides is 1. The fraction of sp³-hybridized carbons (Fsp3) is 0.375. The number of rotatable bonds is 5. The largest absolute Gasteiger partial charge is 0.497 e. The lowest BCUT2D eigenvalue weighted by Gasteiger charge is -2.35. The van der Waals surface area contributed by atoms with Crippen LogP contribution in [0.5, 0.6) is 5.75 Å². The summed E-state index contributed by atoms with van der Waals surface area (Å²) in [7, 11) is 5.91. The number of ether oxygens (including phenoxy) is 1. The van der Waals surface area contributed by atoms with Crippen molar-refractivity contribution in [1.29, 1.82) is 0 Å². The molecular weight excluding hydrogens is 362 g/mol. The van der Waals surface area contributed by atoms with E-state index in [1.54, 1.807) is 7.11 Å². The Bertz CT molecular complexity index is 983. The zero-order valence-electron chi connectivity index (χ0n) is 17.5. The number of carbonyl (C=O) groups is 1. The van der Waals surface area contributed by atoms with Crippen LogP contribution >= 0.6 is 0 Å². The molecule has 0 bridgehead atoms. The van der Waals surface area contributed by atoms with Gasteiger partial charge in [-0.2, -0.15) is 0 Å². The van der Waals surface area contributed by atoms with Crippen molar-refractivity contribution in [2.45, 2.75) is 25.4 Å². The average Bonchev–Trinajstić information content (AvgIpc) is 3.12. The van der Waals surface area contributed by atoms with Crippen LogP contribution in [0.25, 0.3) is 10.9 Å². The van der Waals surface area contributed by atoms with Crippen LogP contribution < -0.4 is 4.74 Å². The summed E-state index contributed by atoms with van der Waals surface area (Å²) in [5.74, 6) is 0.970. The fourth-order valence-corrected chi connectivity index (χ4v) is 4.22. The van der Waals surface area contributed by atoms with Crippen molar-refractivity contribution >= 4 is 16.8 Å². The van der Waals surface area contributed by atoms with E-state index >= 15 is 0 Å². The van der Waals surface area contributed by atoms with Gasteiger partial charge in [-0.25, -0.2) is 0 Å². The van der Waals surface area contributed by atoms with Crippen LogP contribution in [0.15, 0.2) is 54.6 Å². The van der Waals surface area contributed by atoms with Crippen molar-refractivity contribution in [2.24, 2.45) is 0 Å². The van der Waals surface area contributed by atoms with Gasteiger partial charge in [0.05, 0.1) is 7.11 Å². The fourth-order valence-electron chi connectivity index (χ4n) is 4.22. The number of fused-ring (bicyclic) bond motifs is 1. The third kappa shape index (κ3) is 4.01. The first kappa shape index (κ1) is 19.5. The molecule has 0 unspecified atom stereocenters. The number of para-hydroxylation sites is 1. The highest BCUT2D eigenvalue weighted by Gasteiger charge is 2.27. The van der Waals surface area contributed by atoms with E-state index in [9.17, 15) is 4.79 Å². The van der Waals surface area contributed by atoms with Gasteiger partial charge in [-0.05, 0) is 56.8 Å². The first-order valence-electron chi connectivity index (χ1n) is 10.2. The van der Waals surface area contributed by atoms with Gasteiger partial charge in [0, 0.05) is 36.6 Å². The van der Waals surface area contributed by atoms with Crippen LogP contribution in [-0.2, 0) is 6.54 Å². The first-order chi connectivity index (χ1) is 14.1. The maximum absolute atomic E-state index is 13.4. The molecule has 1 fully saturated rings. The molecule has 1 aliphatic rings. The van der Waals surface area contributed by atoms with E-state index < -0.39 is 0 Å². The van der Waals surface area contributed by atoms with Crippen molar-refractivity contribution in [1.82, 2.24) is 14.4 Å². The lowest BCUT2D eigenvalue weighted by atomic mass is 10.0. The summed E-state index contributed by atoms with van der Waals surface area (Å²) in [6.45, 7) is 2.28. The Labute approximate surface area is 172 Å². The van der Waals surface area contributed by atoms with E-state index in [-0.39, 0.29) is 5.91 Å². The molecule has 5 heteroatoms. The van der Waals surface area contributed by atoms with Crippen LogP contribution in [0.2, 0.25) is 0 Å². The molecule has 1 aliphatic heterocycles. The highest BCUT2D eigenvalue weighted by molar-refractivity contribution is 5.99. The summed E-state index contributed by atoms with van der Waals surface area (Å²) in [5.41, 5.74) is 3.01. The number of hydrogen-bond donors (Lipinski definition) is 0.